The predicted molar refractivity (Wildman–Crippen MR) is 87.7 cm³/mol. The molecule has 1 aromatic carbocycles. The largest absolute Gasteiger partial charge is 0.311 e. The van der Waals surface area contributed by atoms with E-state index < -0.39 is 23.0 Å². The van der Waals surface area contributed by atoms with Gasteiger partial charge < -0.3 is 4.90 Å². The Morgan fingerprint density at radius 1 is 1.21 bits per heavy atom. The lowest BCUT2D eigenvalue weighted by Gasteiger charge is -2.28. The third-order valence-electron chi connectivity index (χ3n) is 4.37. The number of likely N-dealkylation sites (N-methyl/N-ethyl adjacent to an activating group) is 1. The minimum atomic E-state index is -0.633. The molecule has 0 radical (unpaired) electrons. The van der Waals surface area contributed by atoms with Crippen LogP contribution in [0.15, 0.2) is 18.2 Å². The van der Waals surface area contributed by atoms with E-state index in [2.05, 4.69) is 0 Å². The molecule has 2 heterocycles. The molecule has 1 aromatic rings. The van der Waals surface area contributed by atoms with Gasteiger partial charge in [0, 0.05) is 30.6 Å². The van der Waals surface area contributed by atoms with E-state index in [9.17, 15) is 18.8 Å². The normalized spacial score (nSPS) is 17.5. The molecule has 0 atom stereocenters. The van der Waals surface area contributed by atoms with Gasteiger partial charge in [0.2, 0.25) is 5.91 Å². The first-order chi connectivity index (χ1) is 11.1. The van der Waals surface area contributed by atoms with E-state index in [1.165, 1.54) is 18.0 Å². The predicted octanol–water partition coefficient (Wildman–Crippen LogP) is 2.14. The standard InChI is InChI=1S/C18H19FN2O3/c1-18(2,3)17(24)21-8-7-10-5-6-12(19)14(15(10)21)11-9-13(22)20(4)16(11)23/h5-6,9H,7-8H2,1-4H3. The molecule has 0 aromatic heterocycles. The van der Waals surface area contributed by atoms with Crippen LogP contribution in [0.3, 0.4) is 0 Å². The van der Waals surface area contributed by atoms with Crippen LogP contribution in [-0.4, -0.2) is 36.2 Å². The van der Waals surface area contributed by atoms with Crippen molar-refractivity contribution in [3.05, 3.63) is 35.2 Å². The zero-order chi connectivity index (χ0) is 17.8. The van der Waals surface area contributed by atoms with Crippen molar-refractivity contribution in [1.82, 2.24) is 4.90 Å². The van der Waals surface area contributed by atoms with Crippen molar-refractivity contribution in [2.24, 2.45) is 5.41 Å². The molecule has 0 N–H and O–H groups in total. The number of anilines is 1. The smallest absolute Gasteiger partial charge is 0.261 e. The zero-order valence-corrected chi connectivity index (χ0v) is 14.1. The Balaban J connectivity index is 2.19. The maximum absolute atomic E-state index is 14.6. The summed E-state index contributed by atoms with van der Waals surface area (Å²) in [4.78, 5) is 39.3. The van der Waals surface area contributed by atoms with Crippen LogP contribution in [0.25, 0.3) is 5.57 Å². The molecule has 126 valence electrons. The molecule has 0 bridgehead atoms. The molecule has 2 aliphatic rings. The van der Waals surface area contributed by atoms with Crippen molar-refractivity contribution < 1.29 is 18.8 Å². The van der Waals surface area contributed by atoms with Gasteiger partial charge in [0.15, 0.2) is 0 Å². The minimum absolute atomic E-state index is 0.00505. The maximum Gasteiger partial charge on any atom is 0.261 e. The third-order valence-corrected chi connectivity index (χ3v) is 4.37. The second-order valence-corrected chi connectivity index (χ2v) is 7.15. The number of nitrogens with zero attached hydrogens (tertiary/aromatic N) is 2. The van der Waals surface area contributed by atoms with Crippen LogP contribution < -0.4 is 4.90 Å². The van der Waals surface area contributed by atoms with Gasteiger partial charge >= 0.3 is 0 Å². The highest BCUT2D eigenvalue weighted by Gasteiger charge is 2.39. The van der Waals surface area contributed by atoms with E-state index in [0.29, 0.717) is 18.7 Å². The summed E-state index contributed by atoms with van der Waals surface area (Å²) in [6.07, 6.45) is 1.73. The molecule has 5 nitrogen and oxygen atoms in total. The first-order valence-corrected chi connectivity index (χ1v) is 7.80. The van der Waals surface area contributed by atoms with Crippen LogP contribution in [0, 0.1) is 11.2 Å². The molecule has 3 rings (SSSR count). The number of fused-ring (bicyclic) bond motifs is 1. The molecule has 0 saturated heterocycles. The Morgan fingerprint density at radius 3 is 2.42 bits per heavy atom. The lowest BCUT2D eigenvalue weighted by Crippen LogP contribution is -2.39. The minimum Gasteiger partial charge on any atom is -0.311 e. The molecule has 6 heteroatoms. The summed E-state index contributed by atoms with van der Waals surface area (Å²) in [5.74, 6) is -1.79. The Morgan fingerprint density at radius 2 is 1.88 bits per heavy atom. The molecular weight excluding hydrogens is 311 g/mol. The van der Waals surface area contributed by atoms with Gasteiger partial charge in [0.1, 0.15) is 5.82 Å². The fourth-order valence-electron chi connectivity index (χ4n) is 3.07. The molecule has 0 aliphatic carbocycles. The van der Waals surface area contributed by atoms with Crippen LogP contribution in [0.5, 0.6) is 0 Å². The van der Waals surface area contributed by atoms with Crippen LogP contribution in [-0.2, 0) is 20.8 Å². The van der Waals surface area contributed by atoms with E-state index in [1.807, 2.05) is 0 Å². The first kappa shape index (κ1) is 16.4. The first-order valence-electron chi connectivity index (χ1n) is 7.80. The van der Waals surface area contributed by atoms with Gasteiger partial charge in [-0.15, -0.1) is 0 Å². The molecule has 2 aliphatic heterocycles. The van der Waals surface area contributed by atoms with E-state index in [1.54, 1.807) is 26.8 Å². The van der Waals surface area contributed by atoms with E-state index >= 15 is 0 Å². The molecule has 0 saturated carbocycles. The van der Waals surface area contributed by atoms with E-state index in [-0.39, 0.29) is 17.0 Å². The van der Waals surface area contributed by atoms with Crippen LogP contribution in [0.1, 0.15) is 31.9 Å². The average Bonchev–Trinajstić information content (AvgIpc) is 3.03. The second kappa shape index (κ2) is 5.26. The third kappa shape index (κ3) is 2.33. The number of hydrogen-bond acceptors (Lipinski definition) is 3. The molecule has 0 fully saturated rings. The quantitative estimate of drug-likeness (QED) is 0.741. The highest BCUT2D eigenvalue weighted by molar-refractivity contribution is 6.34. The number of imide groups is 1. The monoisotopic (exact) mass is 330 g/mol. The Labute approximate surface area is 139 Å². The lowest BCUT2D eigenvalue weighted by atomic mass is 9.93. The fraction of sp³-hybridized carbons (Fsp3) is 0.389. The van der Waals surface area contributed by atoms with Gasteiger partial charge in [-0.2, -0.15) is 0 Å². The number of rotatable bonds is 1. The second-order valence-electron chi connectivity index (χ2n) is 7.15. The molecule has 0 spiro atoms. The Bertz CT molecular complexity index is 805. The summed E-state index contributed by atoms with van der Waals surface area (Å²) in [7, 11) is 1.35. The summed E-state index contributed by atoms with van der Waals surface area (Å²) < 4.78 is 14.6. The van der Waals surface area contributed by atoms with Gasteiger partial charge in [-0.1, -0.05) is 26.8 Å². The fourth-order valence-corrected chi connectivity index (χ4v) is 3.07. The summed E-state index contributed by atoms with van der Waals surface area (Å²) in [6, 6.07) is 2.92. The summed E-state index contributed by atoms with van der Waals surface area (Å²) >= 11 is 0. The lowest BCUT2D eigenvalue weighted by molar-refractivity contribution is -0.134. The van der Waals surface area contributed by atoms with Gasteiger partial charge in [-0.25, -0.2) is 4.39 Å². The van der Waals surface area contributed by atoms with Crippen molar-refractivity contribution >= 4 is 29.0 Å². The topological polar surface area (TPSA) is 57.7 Å². The Hall–Kier alpha value is -2.50. The van der Waals surface area contributed by atoms with Gasteiger partial charge in [0.05, 0.1) is 11.3 Å². The SMILES string of the molecule is CN1C(=O)C=C(c2c(F)ccc3c2N(C(=O)C(C)(C)C)CC3)C1=O. The zero-order valence-electron chi connectivity index (χ0n) is 14.1. The van der Waals surface area contributed by atoms with Crippen molar-refractivity contribution in [2.45, 2.75) is 27.2 Å². The summed E-state index contributed by atoms with van der Waals surface area (Å²) in [5, 5.41) is 0. The van der Waals surface area contributed by atoms with Crippen LogP contribution >= 0.6 is 0 Å². The molecule has 3 amide bonds. The maximum atomic E-state index is 14.6. The number of hydrogen-bond donors (Lipinski definition) is 0. The van der Waals surface area contributed by atoms with Crippen LogP contribution in [0.4, 0.5) is 10.1 Å². The van der Waals surface area contributed by atoms with E-state index in [0.717, 1.165) is 16.5 Å². The van der Waals surface area contributed by atoms with E-state index in [4.69, 9.17) is 0 Å². The molecule has 0 unspecified atom stereocenters. The van der Waals surface area contributed by atoms with Crippen molar-refractivity contribution in [3.63, 3.8) is 0 Å². The van der Waals surface area contributed by atoms with Gasteiger partial charge in [-0.05, 0) is 18.1 Å². The number of carbonyl (C=O) groups excluding carboxylic acids is 3. The molecule has 24 heavy (non-hydrogen) atoms. The average molecular weight is 330 g/mol. The number of amides is 3. The summed E-state index contributed by atoms with van der Waals surface area (Å²) in [6.45, 7) is 5.82. The Kier molecular flexibility index (Phi) is 3.59. The number of halogens is 1. The highest BCUT2D eigenvalue weighted by Crippen LogP contribution is 2.41. The number of carbonyl (C=O) groups is 3. The number of benzene rings is 1. The van der Waals surface area contributed by atoms with Crippen molar-refractivity contribution in [2.75, 3.05) is 18.5 Å². The van der Waals surface area contributed by atoms with Crippen molar-refractivity contribution in [3.8, 4) is 0 Å². The van der Waals surface area contributed by atoms with Crippen molar-refractivity contribution in [1.29, 1.82) is 0 Å². The summed E-state index contributed by atoms with van der Waals surface area (Å²) in [5.41, 5.74) is 0.638. The highest BCUT2D eigenvalue weighted by atomic mass is 19.1. The molecular formula is C18H19FN2O3. The van der Waals surface area contributed by atoms with Gasteiger partial charge in [-0.3, -0.25) is 19.3 Å². The van der Waals surface area contributed by atoms with Gasteiger partial charge in [0.25, 0.3) is 11.8 Å². The van der Waals surface area contributed by atoms with Crippen LogP contribution in [0.2, 0.25) is 0 Å².